The Bertz CT molecular complexity index is 1140. The SMILES string of the molecule is CCNC(=O)[C@@H](C)OC(=O)CCc1nc2ccccc2n(-c2ccc(OC)cc2)c1=O. The highest BCUT2D eigenvalue weighted by molar-refractivity contribution is 5.83. The number of aromatic nitrogens is 2. The zero-order valence-corrected chi connectivity index (χ0v) is 17.8. The number of esters is 1. The minimum Gasteiger partial charge on any atom is -0.497 e. The first-order chi connectivity index (χ1) is 14.9. The van der Waals surface area contributed by atoms with Crippen LogP contribution in [0.3, 0.4) is 0 Å². The fourth-order valence-corrected chi connectivity index (χ4v) is 3.18. The lowest BCUT2D eigenvalue weighted by molar-refractivity contribution is -0.154. The molecule has 0 saturated heterocycles. The Hall–Kier alpha value is -3.68. The van der Waals surface area contributed by atoms with Crippen LogP contribution < -0.4 is 15.6 Å². The first-order valence-corrected chi connectivity index (χ1v) is 10.1. The third-order valence-corrected chi connectivity index (χ3v) is 4.75. The quantitative estimate of drug-likeness (QED) is 0.559. The van der Waals surface area contributed by atoms with E-state index in [-0.39, 0.29) is 30.0 Å². The maximum Gasteiger partial charge on any atom is 0.306 e. The molecule has 0 aliphatic rings. The van der Waals surface area contributed by atoms with Crippen LogP contribution in [-0.4, -0.2) is 41.2 Å². The van der Waals surface area contributed by atoms with Crippen molar-refractivity contribution in [3.8, 4) is 11.4 Å². The molecule has 1 heterocycles. The van der Waals surface area contributed by atoms with E-state index < -0.39 is 12.1 Å². The van der Waals surface area contributed by atoms with Gasteiger partial charge in [-0.15, -0.1) is 0 Å². The van der Waals surface area contributed by atoms with E-state index in [9.17, 15) is 14.4 Å². The number of carbonyl (C=O) groups is 2. The van der Waals surface area contributed by atoms with E-state index in [0.29, 0.717) is 29.0 Å². The third-order valence-electron chi connectivity index (χ3n) is 4.75. The molecule has 0 unspecified atom stereocenters. The Morgan fingerprint density at radius 2 is 1.84 bits per heavy atom. The van der Waals surface area contributed by atoms with Gasteiger partial charge in [0, 0.05) is 18.7 Å². The van der Waals surface area contributed by atoms with Gasteiger partial charge in [-0.3, -0.25) is 19.0 Å². The molecular formula is C23H25N3O5. The Morgan fingerprint density at radius 3 is 2.52 bits per heavy atom. The van der Waals surface area contributed by atoms with E-state index >= 15 is 0 Å². The van der Waals surface area contributed by atoms with Gasteiger partial charge >= 0.3 is 5.97 Å². The number of para-hydroxylation sites is 2. The van der Waals surface area contributed by atoms with Crippen LogP contribution in [-0.2, 0) is 20.7 Å². The maximum atomic E-state index is 13.2. The Kier molecular flexibility index (Phi) is 7.02. The molecule has 0 aliphatic carbocycles. The van der Waals surface area contributed by atoms with Crippen LogP contribution in [0.25, 0.3) is 16.7 Å². The van der Waals surface area contributed by atoms with Gasteiger partial charge in [-0.1, -0.05) is 12.1 Å². The summed E-state index contributed by atoms with van der Waals surface area (Å²) in [5, 5.41) is 2.60. The second-order valence-electron chi connectivity index (χ2n) is 6.91. The standard InChI is InChI=1S/C23H25N3O5/c1-4-24-22(28)15(2)31-21(27)14-13-19-23(29)26(16-9-11-17(30-3)12-10-16)20-8-6-5-7-18(20)25-19/h5-12,15H,4,13-14H2,1-3H3,(H,24,28)/t15-/m1/s1. The second kappa shape index (κ2) is 9.88. The van der Waals surface area contributed by atoms with Crippen molar-refractivity contribution in [2.24, 2.45) is 0 Å². The van der Waals surface area contributed by atoms with Gasteiger partial charge in [-0.25, -0.2) is 4.98 Å². The van der Waals surface area contributed by atoms with Crippen molar-refractivity contribution in [1.82, 2.24) is 14.9 Å². The lowest BCUT2D eigenvalue weighted by Crippen LogP contribution is -2.35. The van der Waals surface area contributed by atoms with E-state index in [1.54, 1.807) is 42.9 Å². The van der Waals surface area contributed by atoms with Crippen LogP contribution in [0.5, 0.6) is 5.75 Å². The molecule has 2 aromatic carbocycles. The van der Waals surface area contributed by atoms with Crippen molar-refractivity contribution >= 4 is 22.9 Å². The van der Waals surface area contributed by atoms with Gasteiger partial charge in [-0.05, 0) is 50.2 Å². The minimum atomic E-state index is -0.895. The number of carbonyl (C=O) groups excluding carboxylic acids is 2. The molecule has 0 radical (unpaired) electrons. The molecule has 162 valence electrons. The average molecular weight is 423 g/mol. The molecule has 0 spiro atoms. The number of likely N-dealkylation sites (N-methyl/N-ethyl adjacent to an activating group) is 1. The number of hydrogen-bond donors (Lipinski definition) is 1. The number of rotatable bonds is 8. The summed E-state index contributed by atoms with van der Waals surface area (Å²) in [4.78, 5) is 41.6. The van der Waals surface area contributed by atoms with Crippen LogP contribution in [0.2, 0.25) is 0 Å². The van der Waals surface area contributed by atoms with Gasteiger partial charge < -0.3 is 14.8 Å². The van der Waals surface area contributed by atoms with Crippen LogP contribution in [0.15, 0.2) is 53.3 Å². The van der Waals surface area contributed by atoms with Gasteiger partial charge in [0.1, 0.15) is 11.4 Å². The smallest absolute Gasteiger partial charge is 0.306 e. The number of ether oxygens (including phenoxy) is 2. The summed E-state index contributed by atoms with van der Waals surface area (Å²) in [6, 6.07) is 14.4. The first-order valence-electron chi connectivity index (χ1n) is 10.1. The van der Waals surface area contributed by atoms with E-state index in [4.69, 9.17) is 9.47 Å². The molecule has 1 N–H and O–H groups in total. The van der Waals surface area contributed by atoms with Gasteiger partial charge in [-0.2, -0.15) is 0 Å². The average Bonchev–Trinajstić information content (AvgIpc) is 2.78. The molecule has 0 aliphatic heterocycles. The highest BCUT2D eigenvalue weighted by atomic mass is 16.5. The number of methoxy groups -OCH3 is 1. The van der Waals surface area contributed by atoms with Crippen molar-refractivity contribution in [1.29, 1.82) is 0 Å². The number of hydrogen-bond acceptors (Lipinski definition) is 6. The summed E-state index contributed by atoms with van der Waals surface area (Å²) < 4.78 is 11.9. The normalized spacial score (nSPS) is 11.7. The summed E-state index contributed by atoms with van der Waals surface area (Å²) in [5.41, 5.74) is 1.90. The van der Waals surface area contributed by atoms with Gasteiger partial charge in [0.15, 0.2) is 6.10 Å². The van der Waals surface area contributed by atoms with Crippen LogP contribution in [0.4, 0.5) is 0 Å². The molecule has 3 aromatic rings. The Labute approximate surface area is 179 Å². The summed E-state index contributed by atoms with van der Waals surface area (Å²) in [6.07, 6.45) is -0.860. The lowest BCUT2D eigenvalue weighted by Gasteiger charge is -2.14. The molecule has 0 fully saturated rings. The molecule has 1 amide bonds. The minimum absolute atomic E-state index is 0.0626. The number of benzene rings is 2. The van der Waals surface area contributed by atoms with Gasteiger partial charge in [0.2, 0.25) is 0 Å². The molecule has 1 aromatic heterocycles. The van der Waals surface area contributed by atoms with Gasteiger partial charge in [0.05, 0.1) is 24.6 Å². The molecule has 8 nitrogen and oxygen atoms in total. The fourth-order valence-electron chi connectivity index (χ4n) is 3.18. The zero-order valence-electron chi connectivity index (χ0n) is 17.8. The monoisotopic (exact) mass is 423 g/mol. The summed E-state index contributed by atoms with van der Waals surface area (Å²) >= 11 is 0. The van der Waals surface area contributed by atoms with Crippen molar-refractivity contribution in [3.63, 3.8) is 0 Å². The highest BCUT2D eigenvalue weighted by Crippen LogP contribution is 2.19. The number of nitrogens with zero attached hydrogens (tertiary/aromatic N) is 2. The van der Waals surface area contributed by atoms with Crippen LogP contribution in [0.1, 0.15) is 26.0 Å². The molecule has 0 saturated carbocycles. The van der Waals surface area contributed by atoms with E-state index in [2.05, 4.69) is 10.3 Å². The number of amides is 1. The van der Waals surface area contributed by atoms with Crippen molar-refractivity contribution in [2.45, 2.75) is 32.8 Å². The largest absolute Gasteiger partial charge is 0.497 e. The zero-order chi connectivity index (χ0) is 22.4. The molecular weight excluding hydrogens is 398 g/mol. The summed E-state index contributed by atoms with van der Waals surface area (Å²) in [5.74, 6) is -0.245. The Balaban J connectivity index is 1.88. The van der Waals surface area contributed by atoms with Crippen molar-refractivity contribution in [3.05, 3.63) is 64.6 Å². The summed E-state index contributed by atoms with van der Waals surface area (Å²) in [6.45, 7) is 3.74. The molecule has 0 bridgehead atoms. The molecule has 3 rings (SSSR count). The second-order valence-corrected chi connectivity index (χ2v) is 6.91. The van der Waals surface area contributed by atoms with Crippen LogP contribution in [0, 0.1) is 0 Å². The Morgan fingerprint density at radius 1 is 1.13 bits per heavy atom. The predicted octanol–water partition coefficient (Wildman–Crippen LogP) is 2.39. The van der Waals surface area contributed by atoms with E-state index in [1.807, 2.05) is 24.3 Å². The molecule has 31 heavy (non-hydrogen) atoms. The van der Waals surface area contributed by atoms with Crippen molar-refractivity contribution in [2.75, 3.05) is 13.7 Å². The topological polar surface area (TPSA) is 99.5 Å². The molecule has 1 atom stereocenters. The maximum absolute atomic E-state index is 13.2. The van der Waals surface area contributed by atoms with Crippen molar-refractivity contribution < 1.29 is 19.1 Å². The van der Waals surface area contributed by atoms with Crippen LogP contribution >= 0.6 is 0 Å². The van der Waals surface area contributed by atoms with E-state index in [1.165, 1.54) is 6.92 Å². The highest BCUT2D eigenvalue weighted by Gasteiger charge is 2.18. The first kappa shape index (κ1) is 22.0. The lowest BCUT2D eigenvalue weighted by atomic mass is 10.2. The van der Waals surface area contributed by atoms with E-state index in [0.717, 1.165) is 0 Å². The number of fused-ring (bicyclic) bond motifs is 1. The van der Waals surface area contributed by atoms with Gasteiger partial charge in [0.25, 0.3) is 11.5 Å². The fraction of sp³-hybridized carbons (Fsp3) is 0.304. The number of aryl methyl sites for hydroxylation is 1. The summed E-state index contributed by atoms with van der Waals surface area (Å²) in [7, 11) is 1.58. The third kappa shape index (κ3) is 5.09. The number of nitrogens with one attached hydrogen (secondary N) is 1. The molecule has 8 heteroatoms. The predicted molar refractivity (Wildman–Crippen MR) is 116 cm³/mol.